The summed E-state index contributed by atoms with van der Waals surface area (Å²) in [6.07, 6.45) is 1.81. The summed E-state index contributed by atoms with van der Waals surface area (Å²) in [6.45, 7) is 6.61. The van der Waals surface area contributed by atoms with E-state index >= 15 is 0 Å². The first kappa shape index (κ1) is 15.5. The van der Waals surface area contributed by atoms with E-state index in [-0.39, 0.29) is 5.41 Å². The number of benzene rings is 2. The smallest absolute Gasteiger partial charge is 0.144 e. The highest BCUT2D eigenvalue weighted by Crippen LogP contribution is 2.42. The molecule has 2 aromatic carbocycles. The van der Waals surface area contributed by atoms with Crippen LogP contribution in [0.25, 0.3) is 43.4 Å². The fraction of sp³-hybridized carbons (Fsp3) is 0.182. The highest BCUT2D eigenvalue weighted by atomic mass is 32.1. The molecule has 5 rings (SSSR count). The van der Waals surface area contributed by atoms with Gasteiger partial charge in [0.05, 0.1) is 20.9 Å². The summed E-state index contributed by atoms with van der Waals surface area (Å²) in [5.74, 6) is 0. The maximum Gasteiger partial charge on any atom is 0.144 e. The van der Waals surface area contributed by atoms with Crippen LogP contribution in [0.4, 0.5) is 0 Å². The molecule has 0 amide bonds. The zero-order valence-electron chi connectivity index (χ0n) is 14.9. The first-order valence-corrected chi connectivity index (χ1v) is 9.51. The van der Waals surface area contributed by atoms with E-state index in [1.165, 1.54) is 4.70 Å². The third-order valence-corrected chi connectivity index (χ3v) is 6.11. The molecule has 3 nitrogen and oxygen atoms in total. The fourth-order valence-corrected chi connectivity index (χ4v) is 4.49. The third-order valence-electron chi connectivity index (χ3n) is 4.60. The van der Waals surface area contributed by atoms with Crippen LogP contribution >= 0.6 is 11.3 Å². The number of nitrogens with zero attached hydrogens (tertiary/aromatic N) is 2. The number of hydrogen-bond acceptors (Lipinski definition) is 4. The van der Waals surface area contributed by atoms with E-state index < -0.39 is 0 Å². The summed E-state index contributed by atoms with van der Waals surface area (Å²) in [5, 5.41) is 3.43. The average molecular weight is 358 g/mol. The van der Waals surface area contributed by atoms with Crippen molar-refractivity contribution in [1.29, 1.82) is 0 Å². The molecule has 0 aliphatic carbocycles. The Labute approximate surface area is 155 Å². The summed E-state index contributed by atoms with van der Waals surface area (Å²) in [5.41, 5.74) is 4.81. The van der Waals surface area contributed by atoms with E-state index in [0.29, 0.717) is 0 Å². The Morgan fingerprint density at radius 3 is 2.62 bits per heavy atom. The van der Waals surface area contributed by atoms with Crippen molar-refractivity contribution in [1.82, 2.24) is 9.97 Å². The van der Waals surface area contributed by atoms with E-state index in [9.17, 15) is 0 Å². The lowest BCUT2D eigenvalue weighted by Crippen LogP contribution is -2.09. The van der Waals surface area contributed by atoms with Gasteiger partial charge in [0.15, 0.2) is 0 Å². The van der Waals surface area contributed by atoms with Crippen molar-refractivity contribution in [3.8, 4) is 11.3 Å². The van der Waals surface area contributed by atoms with Crippen LogP contribution in [0.1, 0.15) is 25.8 Å². The van der Waals surface area contributed by atoms with Crippen LogP contribution in [0, 0.1) is 0 Å². The highest BCUT2D eigenvalue weighted by molar-refractivity contribution is 7.19. The van der Waals surface area contributed by atoms with Gasteiger partial charge in [0.1, 0.15) is 11.2 Å². The molecule has 0 saturated carbocycles. The van der Waals surface area contributed by atoms with Gasteiger partial charge in [-0.1, -0.05) is 39.0 Å². The second-order valence-electron chi connectivity index (χ2n) is 7.56. The monoisotopic (exact) mass is 358 g/mol. The minimum Gasteiger partial charge on any atom is -0.455 e. The van der Waals surface area contributed by atoms with E-state index in [1.54, 1.807) is 11.3 Å². The van der Waals surface area contributed by atoms with Gasteiger partial charge in [-0.2, -0.15) is 0 Å². The van der Waals surface area contributed by atoms with Crippen LogP contribution < -0.4 is 0 Å². The predicted molar refractivity (Wildman–Crippen MR) is 109 cm³/mol. The topological polar surface area (TPSA) is 38.9 Å². The number of para-hydroxylation sites is 1. The maximum absolute atomic E-state index is 6.28. The van der Waals surface area contributed by atoms with Gasteiger partial charge in [-0.05, 0) is 30.3 Å². The molecule has 3 aromatic heterocycles. The quantitative estimate of drug-likeness (QED) is 0.341. The number of fused-ring (bicyclic) bond motifs is 5. The van der Waals surface area contributed by atoms with Crippen LogP contribution in [0.3, 0.4) is 0 Å². The van der Waals surface area contributed by atoms with E-state index in [0.717, 1.165) is 43.7 Å². The van der Waals surface area contributed by atoms with Gasteiger partial charge in [0, 0.05) is 27.9 Å². The van der Waals surface area contributed by atoms with Crippen molar-refractivity contribution in [2.75, 3.05) is 0 Å². The average Bonchev–Trinajstić information content (AvgIpc) is 3.22. The van der Waals surface area contributed by atoms with Crippen molar-refractivity contribution in [2.24, 2.45) is 0 Å². The standard InChI is InChI=1S/C22H18N2OS/c1-22(2,3)21-24-16-10-11-17-18(20(16)26-21)14-8-6-7-13(19(14)25-17)15-9-4-5-12-23-15/h4-12H,1-3H3. The normalized spacial score (nSPS) is 12.4. The summed E-state index contributed by atoms with van der Waals surface area (Å²) in [6, 6.07) is 16.3. The minimum atomic E-state index is 0.0364. The van der Waals surface area contributed by atoms with Crippen LogP contribution in [0.5, 0.6) is 0 Å². The molecule has 0 bridgehead atoms. The molecule has 5 aromatic rings. The molecule has 0 aliphatic rings. The molecule has 0 N–H and O–H groups in total. The molecule has 4 heteroatoms. The number of furan rings is 1. The van der Waals surface area contributed by atoms with Gasteiger partial charge in [-0.15, -0.1) is 11.3 Å². The van der Waals surface area contributed by atoms with E-state index in [2.05, 4.69) is 50.0 Å². The Kier molecular flexibility index (Phi) is 3.22. The Morgan fingerprint density at radius 1 is 0.962 bits per heavy atom. The summed E-state index contributed by atoms with van der Waals surface area (Å²) >= 11 is 1.77. The lowest BCUT2D eigenvalue weighted by molar-refractivity contribution is 0.587. The van der Waals surface area contributed by atoms with E-state index in [4.69, 9.17) is 9.40 Å². The highest BCUT2D eigenvalue weighted by Gasteiger charge is 2.22. The molecule has 128 valence electrons. The van der Waals surface area contributed by atoms with Crippen molar-refractivity contribution < 1.29 is 4.42 Å². The second kappa shape index (κ2) is 5.39. The zero-order valence-corrected chi connectivity index (χ0v) is 15.7. The first-order chi connectivity index (χ1) is 12.5. The van der Waals surface area contributed by atoms with Crippen molar-refractivity contribution in [3.63, 3.8) is 0 Å². The summed E-state index contributed by atoms with van der Waals surface area (Å²) < 4.78 is 7.48. The Hall–Kier alpha value is -2.72. The molecule has 26 heavy (non-hydrogen) atoms. The Balaban J connectivity index is 1.88. The first-order valence-electron chi connectivity index (χ1n) is 8.69. The molecule has 0 unspecified atom stereocenters. The fourth-order valence-electron chi connectivity index (χ4n) is 3.31. The lowest BCUT2D eigenvalue weighted by Gasteiger charge is -2.13. The van der Waals surface area contributed by atoms with Gasteiger partial charge in [0.25, 0.3) is 0 Å². The van der Waals surface area contributed by atoms with Crippen molar-refractivity contribution in [2.45, 2.75) is 26.2 Å². The van der Waals surface area contributed by atoms with Crippen LogP contribution in [-0.2, 0) is 5.41 Å². The predicted octanol–water partition coefficient (Wildman–Crippen LogP) is 6.56. The second-order valence-corrected chi connectivity index (χ2v) is 8.55. The molecular formula is C22H18N2OS. The number of pyridine rings is 1. The van der Waals surface area contributed by atoms with Crippen molar-refractivity contribution in [3.05, 3.63) is 59.7 Å². The summed E-state index contributed by atoms with van der Waals surface area (Å²) in [4.78, 5) is 9.36. The van der Waals surface area contributed by atoms with E-state index in [1.807, 2.05) is 30.5 Å². The molecule has 0 aliphatic heterocycles. The van der Waals surface area contributed by atoms with Gasteiger partial charge in [-0.25, -0.2) is 4.98 Å². The zero-order chi connectivity index (χ0) is 17.9. The lowest BCUT2D eigenvalue weighted by atomic mass is 9.98. The van der Waals surface area contributed by atoms with Gasteiger partial charge < -0.3 is 4.42 Å². The van der Waals surface area contributed by atoms with Gasteiger partial charge in [0.2, 0.25) is 0 Å². The van der Waals surface area contributed by atoms with Gasteiger partial charge in [-0.3, -0.25) is 4.98 Å². The molecule has 0 fully saturated rings. The maximum atomic E-state index is 6.28. The van der Waals surface area contributed by atoms with Gasteiger partial charge >= 0.3 is 0 Å². The molecule has 0 saturated heterocycles. The van der Waals surface area contributed by atoms with Crippen LogP contribution in [0.15, 0.2) is 59.1 Å². The molecule has 3 heterocycles. The SMILES string of the molecule is CC(C)(C)c1nc2ccc3oc4c(-c5ccccn5)cccc4c3c2s1. The number of hydrogen-bond donors (Lipinski definition) is 0. The number of thiazole rings is 1. The number of rotatable bonds is 1. The molecule has 0 spiro atoms. The van der Waals surface area contributed by atoms with Crippen LogP contribution in [-0.4, -0.2) is 9.97 Å². The number of aromatic nitrogens is 2. The van der Waals surface area contributed by atoms with Crippen molar-refractivity contribution >= 4 is 43.5 Å². The Morgan fingerprint density at radius 2 is 1.85 bits per heavy atom. The Bertz CT molecular complexity index is 1260. The summed E-state index contributed by atoms with van der Waals surface area (Å²) in [7, 11) is 0. The third kappa shape index (κ3) is 2.26. The van der Waals surface area contributed by atoms with Crippen LogP contribution in [0.2, 0.25) is 0 Å². The minimum absolute atomic E-state index is 0.0364. The molecular weight excluding hydrogens is 340 g/mol. The molecule has 0 radical (unpaired) electrons. The largest absolute Gasteiger partial charge is 0.455 e. The molecule has 0 atom stereocenters.